The Balaban J connectivity index is 3.50. The van der Waals surface area contributed by atoms with Crippen LogP contribution in [0.25, 0.3) is 0 Å². The van der Waals surface area contributed by atoms with Gasteiger partial charge < -0.3 is 0 Å². The third-order valence-electron chi connectivity index (χ3n) is 1.95. The van der Waals surface area contributed by atoms with Gasteiger partial charge in [0.15, 0.2) is 9.84 Å². The molecule has 1 aromatic carbocycles. The Morgan fingerprint density at radius 2 is 1.62 bits per heavy atom. The van der Waals surface area contributed by atoms with Gasteiger partial charge in [-0.2, -0.15) is 0 Å². The van der Waals surface area contributed by atoms with Crippen molar-refractivity contribution in [2.24, 2.45) is 0 Å². The predicted octanol–water partition coefficient (Wildman–Crippen LogP) is 2.36. The highest BCUT2D eigenvalue weighted by atomic mass is 35.5. The maximum Gasteiger partial charge on any atom is 0.177 e. The fourth-order valence-electron chi connectivity index (χ4n) is 1.04. The monoisotopic (exact) mass is 218 g/mol. The number of hydrogen-bond acceptors (Lipinski definition) is 2. The normalized spacial score (nSPS) is 11.7. The van der Waals surface area contributed by atoms with Crippen molar-refractivity contribution in [3.05, 3.63) is 28.3 Å². The lowest BCUT2D eigenvalue weighted by molar-refractivity contribution is 0.602. The summed E-state index contributed by atoms with van der Waals surface area (Å²) in [5.74, 6) is 0. The summed E-state index contributed by atoms with van der Waals surface area (Å²) in [5.41, 5.74) is 1.93. The molecular formula is C9H11ClO2S. The van der Waals surface area contributed by atoms with Crippen LogP contribution in [0.2, 0.25) is 5.02 Å². The third kappa shape index (κ3) is 2.23. The second-order valence-electron chi connectivity index (χ2n) is 3.14. The number of halogens is 1. The van der Waals surface area contributed by atoms with E-state index in [1.54, 1.807) is 12.1 Å². The van der Waals surface area contributed by atoms with Crippen LogP contribution in [-0.4, -0.2) is 14.7 Å². The minimum absolute atomic E-state index is 0.206. The summed E-state index contributed by atoms with van der Waals surface area (Å²) in [6, 6.07) is 3.28. The van der Waals surface area contributed by atoms with Gasteiger partial charge in [-0.05, 0) is 37.1 Å². The van der Waals surface area contributed by atoms with Gasteiger partial charge >= 0.3 is 0 Å². The Morgan fingerprint density at radius 3 is 2.08 bits per heavy atom. The molecule has 0 spiro atoms. The average molecular weight is 219 g/mol. The predicted molar refractivity (Wildman–Crippen MR) is 54.0 cm³/mol. The quantitative estimate of drug-likeness (QED) is 0.725. The highest BCUT2D eigenvalue weighted by Gasteiger charge is 2.12. The van der Waals surface area contributed by atoms with Crippen molar-refractivity contribution in [2.75, 3.05) is 6.26 Å². The van der Waals surface area contributed by atoms with E-state index in [0.29, 0.717) is 5.02 Å². The first kappa shape index (κ1) is 10.5. The molecule has 0 aliphatic heterocycles. The molecule has 1 rings (SSSR count). The average Bonchev–Trinajstić information content (AvgIpc) is 1.94. The largest absolute Gasteiger partial charge is 0.224 e. The van der Waals surface area contributed by atoms with Crippen molar-refractivity contribution in [3.8, 4) is 0 Å². The molecule has 0 N–H and O–H groups in total. The van der Waals surface area contributed by atoms with Gasteiger partial charge in [0.1, 0.15) is 0 Å². The Labute approximate surface area is 83.5 Å². The molecule has 0 saturated heterocycles. The van der Waals surface area contributed by atoms with Crippen LogP contribution < -0.4 is 0 Å². The summed E-state index contributed by atoms with van der Waals surface area (Å²) in [6.45, 7) is 3.76. The van der Waals surface area contributed by atoms with E-state index in [4.69, 9.17) is 11.6 Å². The molecule has 0 heterocycles. The minimum Gasteiger partial charge on any atom is -0.224 e. The van der Waals surface area contributed by atoms with Crippen LogP contribution in [0, 0.1) is 13.8 Å². The summed E-state index contributed by atoms with van der Waals surface area (Å²) in [5, 5.41) is 0.297. The van der Waals surface area contributed by atoms with E-state index in [1.807, 2.05) is 13.8 Å². The molecule has 0 saturated carbocycles. The van der Waals surface area contributed by atoms with Gasteiger partial charge in [-0.25, -0.2) is 8.42 Å². The van der Waals surface area contributed by atoms with Gasteiger partial charge in [0, 0.05) is 6.26 Å². The summed E-state index contributed by atoms with van der Waals surface area (Å²) in [7, 11) is -3.20. The van der Waals surface area contributed by atoms with E-state index in [2.05, 4.69) is 0 Å². The molecule has 0 unspecified atom stereocenters. The highest BCUT2D eigenvalue weighted by molar-refractivity contribution is 7.90. The molecule has 1 aromatic rings. The zero-order chi connectivity index (χ0) is 10.2. The fourth-order valence-corrected chi connectivity index (χ4v) is 2.48. The number of benzene rings is 1. The topological polar surface area (TPSA) is 34.1 Å². The lowest BCUT2D eigenvalue weighted by Gasteiger charge is -2.05. The molecule has 0 aromatic heterocycles. The number of hydrogen-bond donors (Lipinski definition) is 0. The van der Waals surface area contributed by atoms with Gasteiger partial charge in [-0.1, -0.05) is 11.6 Å². The summed E-state index contributed by atoms with van der Waals surface area (Å²) in [4.78, 5) is 0.206. The molecular weight excluding hydrogens is 208 g/mol. The fraction of sp³-hybridized carbons (Fsp3) is 0.333. The van der Waals surface area contributed by atoms with Crippen molar-refractivity contribution in [2.45, 2.75) is 18.7 Å². The minimum atomic E-state index is -3.20. The van der Waals surface area contributed by atoms with Gasteiger partial charge in [0.2, 0.25) is 0 Å². The Hall–Kier alpha value is -0.540. The molecule has 0 aliphatic carbocycles. The first-order valence-corrected chi connectivity index (χ1v) is 6.06. The highest BCUT2D eigenvalue weighted by Crippen LogP contribution is 2.24. The number of aryl methyl sites for hydroxylation is 2. The lowest BCUT2D eigenvalue weighted by atomic mass is 10.1. The van der Waals surface area contributed by atoms with Crippen LogP contribution in [0.3, 0.4) is 0 Å². The molecule has 2 nitrogen and oxygen atoms in total. The Morgan fingerprint density at radius 1 is 1.15 bits per heavy atom. The van der Waals surface area contributed by atoms with Crippen LogP contribution in [0.1, 0.15) is 11.1 Å². The summed E-state index contributed by atoms with van der Waals surface area (Å²) < 4.78 is 22.5. The van der Waals surface area contributed by atoms with E-state index >= 15 is 0 Å². The van der Waals surface area contributed by atoms with E-state index in [1.165, 1.54) is 0 Å². The van der Waals surface area contributed by atoms with Gasteiger partial charge in [0.25, 0.3) is 0 Å². The molecule has 0 bridgehead atoms. The van der Waals surface area contributed by atoms with Gasteiger partial charge in [0.05, 0.1) is 9.92 Å². The van der Waals surface area contributed by atoms with E-state index in [0.717, 1.165) is 17.4 Å². The number of sulfone groups is 1. The molecule has 4 heteroatoms. The van der Waals surface area contributed by atoms with E-state index in [9.17, 15) is 8.42 Å². The van der Waals surface area contributed by atoms with Crippen LogP contribution in [-0.2, 0) is 9.84 Å². The molecule has 0 radical (unpaired) electrons. The third-order valence-corrected chi connectivity index (χ3v) is 3.51. The Bertz CT molecular complexity index is 435. The molecule has 0 atom stereocenters. The van der Waals surface area contributed by atoms with Crippen molar-refractivity contribution < 1.29 is 8.42 Å². The van der Waals surface area contributed by atoms with Crippen LogP contribution >= 0.6 is 11.6 Å². The second-order valence-corrected chi connectivity index (χ2v) is 5.53. The SMILES string of the molecule is Cc1cc(Cl)c(S(C)(=O)=O)cc1C. The second kappa shape index (κ2) is 3.31. The standard InChI is InChI=1S/C9H11ClO2S/c1-6-4-8(10)9(5-7(6)2)13(3,11)12/h4-5H,1-3H3. The zero-order valence-corrected chi connectivity index (χ0v) is 9.33. The first-order valence-electron chi connectivity index (χ1n) is 3.79. The Kier molecular flexibility index (Phi) is 2.68. The summed E-state index contributed by atoms with van der Waals surface area (Å²) >= 11 is 5.81. The molecule has 13 heavy (non-hydrogen) atoms. The van der Waals surface area contributed by atoms with E-state index < -0.39 is 9.84 Å². The van der Waals surface area contributed by atoms with Crippen LogP contribution in [0.5, 0.6) is 0 Å². The number of rotatable bonds is 1. The van der Waals surface area contributed by atoms with Crippen molar-refractivity contribution in [1.82, 2.24) is 0 Å². The molecule has 0 amide bonds. The van der Waals surface area contributed by atoms with Gasteiger partial charge in [-0.15, -0.1) is 0 Å². The first-order chi connectivity index (χ1) is 5.82. The molecule has 0 fully saturated rings. The summed E-state index contributed by atoms with van der Waals surface area (Å²) in [6.07, 6.45) is 1.16. The van der Waals surface area contributed by atoms with Crippen LogP contribution in [0.4, 0.5) is 0 Å². The van der Waals surface area contributed by atoms with Crippen molar-refractivity contribution in [1.29, 1.82) is 0 Å². The van der Waals surface area contributed by atoms with E-state index in [-0.39, 0.29) is 4.90 Å². The smallest absolute Gasteiger partial charge is 0.177 e. The maximum atomic E-state index is 11.2. The molecule has 0 aliphatic rings. The molecule has 72 valence electrons. The zero-order valence-electron chi connectivity index (χ0n) is 7.76. The lowest BCUT2D eigenvalue weighted by Crippen LogP contribution is -1.99. The maximum absolute atomic E-state index is 11.2. The van der Waals surface area contributed by atoms with Crippen LogP contribution in [0.15, 0.2) is 17.0 Å². The van der Waals surface area contributed by atoms with Crippen molar-refractivity contribution in [3.63, 3.8) is 0 Å². The van der Waals surface area contributed by atoms with Gasteiger partial charge in [-0.3, -0.25) is 0 Å². The van der Waals surface area contributed by atoms with Crippen molar-refractivity contribution >= 4 is 21.4 Å².